The molecule has 2 aromatic carbocycles. The van der Waals surface area contributed by atoms with Crippen LogP contribution < -0.4 is 5.73 Å². The molecule has 2 N–H and O–H groups in total. The van der Waals surface area contributed by atoms with Gasteiger partial charge in [0.15, 0.2) is 0 Å². The predicted octanol–water partition coefficient (Wildman–Crippen LogP) is 4.94. The monoisotopic (exact) mass is 372 g/mol. The van der Waals surface area contributed by atoms with Crippen molar-refractivity contribution in [2.45, 2.75) is 58.0 Å². The molecule has 1 aliphatic rings. The average Bonchev–Trinajstić information content (AvgIpc) is 3.44. The fraction of sp³-hybridized carbons (Fsp3) is 0.409. The highest BCUT2D eigenvalue weighted by Crippen LogP contribution is 2.29. The first-order valence-electron chi connectivity index (χ1n) is 9.26. The van der Waals surface area contributed by atoms with E-state index in [0.717, 1.165) is 24.1 Å². The molecule has 0 aliphatic heterocycles. The molecule has 1 aliphatic carbocycles. The third kappa shape index (κ3) is 5.25. The summed E-state index contributed by atoms with van der Waals surface area (Å²) in [6.07, 6.45) is 3.49. The SMILES string of the molecule is CC(C)c1ccc(CN(C(=O)CCc2ccccc2N)C2CC2)cc1.Cl. The Morgan fingerprint density at radius 1 is 1.12 bits per heavy atom. The number of anilines is 1. The first kappa shape index (κ1) is 20.3. The number of hydrogen-bond acceptors (Lipinski definition) is 2. The first-order valence-corrected chi connectivity index (χ1v) is 9.26. The molecule has 2 aromatic rings. The van der Waals surface area contributed by atoms with Gasteiger partial charge in [0.1, 0.15) is 0 Å². The molecule has 1 amide bonds. The number of aryl methyl sites for hydroxylation is 1. The summed E-state index contributed by atoms with van der Waals surface area (Å²) >= 11 is 0. The summed E-state index contributed by atoms with van der Waals surface area (Å²) in [6.45, 7) is 5.11. The van der Waals surface area contributed by atoms with Crippen LogP contribution in [-0.4, -0.2) is 16.8 Å². The van der Waals surface area contributed by atoms with Gasteiger partial charge in [0.05, 0.1) is 0 Å². The van der Waals surface area contributed by atoms with E-state index >= 15 is 0 Å². The lowest BCUT2D eigenvalue weighted by Gasteiger charge is -2.23. The van der Waals surface area contributed by atoms with Crippen molar-refractivity contribution in [3.05, 3.63) is 65.2 Å². The molecule has 1 saturated carbocycles. The van der Waals surface area contributed by atoms with Gasteiger partial charge in [0.2, 0.25) is 5.91 Å². The van der Waals surface area contributed by atoms with E-state index in [9.17, 15) is 4.79 Å². The summed E-state index contributed by atoms with van der Waals surface area (Å²) in [7, 11) is 0. The van der Waals surface area contributed by atoms with Gasteiger partial charge in [-0.05, 0) is 47.9 Å². The predicted molar refractivity (Wildman–Crippen MR) is 111 cm³/mol. The van der Waals surface area contributed by atoms with Crippen molar-refractivity contribution in [1.29, 1.82) is 0 Å². The molecule has 3 rings (SSSR count). The zero-order valence-corrected chi connectivity index (χ0v) is 16.5. The third-order valence-electron chi connectivity index (χ3n) is 4.97. The smallest absolute Gasteiger partial charge is 0.223 e. The third-order valence-corrected chi connectivity index (χ3v) is 4.97. The molecule has 0 spiro atoms. The van der Waals surface area contributed by atoms with E-state index in [2.05, 4.69) is 43.0 Å². The Morgan fingerprint density at radius 3 is 2.35 bits per heavy atom. The molecule has 0 radical (unpaired) electrons. The lowest BCUT2D eigenvalue weighted by atomic mass is 10.0. The van der Waals surface area contributed by atoms with Crippen LogP contribution in [0.5, 0.6) is 0 Å². The standard InChI is InChI=1S/C22H28N2O.ClH/c1-16(2)18-9-7-17(8-10-18)15-24(20-12-13-20)22(25)14-11-19-5-3-4-6-21(19)23;/h3-10,16,20H,11-15,23H2,1-2H3;1H. The number of nitrogens with two attached hydrogens (primary N) is 1. The lowest BCUT2D eigenvalue weighted by Crippen LogP contribution is -2.32. The number of hydrogen-bond donors (Lipinski definition) is 1. The molecule has 26 heavy (non-hydrogen) atoms. The van der Waals surface area contributed by atoms with Gasteiger partial charge in [-0.15, -0.1) is 12.4 Å². The molecule has 0 bridgehead atoms. The van der Waals surface area contributed by atoms with Gasteiger partial charge in [-0.3, -0.25) is 4.79 Å². The van der Waals surface area contributed by atoms with E-state index in [-0.39, 0.29) is 18.3 Å². The van der Waals surface area contributed by atoms with E-state index in [1.807, 2.05) is 24.3 Å². The van der Waals surface area contributed by atoms with Gasteiger partial charge in [-0.2, -0.15) is 0 Å². The topological polar surface area (TPSA) is 46.3 Å². The summed E-state index contributed by atoms with van der Waals surface area (Å²) in [5.41, 5.74) is 10.4. The second kappa shape index (κ2) is 9.09. The van der Waals surface area contributed by atoms with Crippen molar-refractivity contribution in [3.63, 3.8) is 0 Å². The van der Waals surface area contributed by atoms with Crippen molar-refractivity contribution in [1.82, 2.24) is 4.90 Å². The molecule has 1 fully saturated rings. The van der Waals surface area contributed by atoms with Crippen LogP contribution in [0, 0.1) is 0 Å². The van der Waals surface area contributed by atoms with E-state index in [0.29, 0.717) is 31.3 Å². The van der Waals surface area contributed by atoms with Crippen molar-refractivity contribution in [2.24, 2.45) is 0 Å². The van der Waals surface area contributed by atoms with Crippen LogP contribution in [0.2, 0.25) is 0 Å². The molecular weight excluding hydrogens is 344 g/mol. The van der Waals surface area contributed by atoms with Gasteiger partial charge < -0.3 is 10.6 Å². The van der Waals surface area contributed by atoms with E-state index in [1.54, 1.807) is 0 Å². The van der Waals surface area contributed by atoms with Crippen LogP contribution in [-0.2, 0) is 17.8 Å². The van der Waals surface area contributed by atoms with Crippen molar-refractivity contribution < 1.29 is 4.79 Å². The Bertz CT molecular complexity index is 723. The van der Waals surface area contributed by atoms with Crippen molar-refractivity contribution in [2.75, 3.05) is 5.73 Å². The number of rotatable bonds is 7. The lowest BCUT2D eigenvalue weighted by molar-refractivity contribution is -0.132. The normalized spacial score (nSPS) is 13.3. The molecular formula is C22H29ClN2O. The van der Waals surface area contributed by atoms with E-state index < -0.39 is 0 Å². The fourth-order valence-corrected chi connectivity index (χ4v) is 3.16. The summed E-state index contributed by atoms with van der Waals surface area (Å²) in [5, 5.41) is 0. The molecule has 140 valence electrons. The minimum Gasteiger partial charge on any atom is -0.399 e. The summed E-state index contributed by atoms with van der Waals surface area (Å²) in [6, 6.07) is 16.9. The van der Waals surface area contributed by atoms with Crippen LogP contribution >= 0.6 is 12.4 Å². The number of carbonyl (C=O) groups excluding carboxylic acids is 1. The zero-order chi connectivity index (χ0) is 17.8. The first-order chi connectivity index (χ1) is 12.0. The van der Waals surface area contributed by atoms with Gasteiger partial charge >= 0.3 is 0 Å². The summed E-state index contributed by atoms with van der Waals surface area (Å²) in [4.78, 5) is 14.8. The van der Waals surface area contributed by atoms with Crippen LogP contribution in [0.15, 0.2) is 48.5 Å². The van der Waals surface area contributed by atoms with Crippen LogP contribution in [0.3, 0.4) is 0 Å². The highest BCUT2D eigenvalue weighted by Gasteiger charge is 2.32. The maximum atomic E-state index is 12.8. The number of amides is 1. The number of para-hydroxylation sites is 1. The Kier molecular flexibility index (Phi) is 7.10. The minimum absolute atomic E-state index is 0. The van der Waals surface area contributed by atoms with E-state index in [1.165, 1.54) is 11.1 Å². The second-order valence-corrected chi connectivity index (χ2v) is 7.35. The highest BCUT2D eigenvalue weighted by molar-refractivity contribution is 5.85. The quantitative estimate of drug-likeness (QED) is 0.700. The van der Waals surface area contributed by atoms with Crippen LogP contribution in [0.4, 0.5) is 5.69 Å². The summed E-state index contributed by atoms with van der Waals surface area (Å²) in [5.74, 6) is 0.769. The van der Waals surface area contributed by atoms with Gasteiger partial charge in [0.25, 0.3) is 0 Å². The molecule has 0 unspecified atom stereocenters. The van der Waals surface area contributed by atoms with Gasteiger partial charge in [0, 0.05) is 24.7 Å². The number of benzene rings is 2. The zero-order valence-electron chi connectivity index (χ0n) is 15.7. The number of nitrogen functional groups attached to an aromatic ring is 1. The number of carbonyl (C=O) groups is 1. The fourth-order valence-electron chi connectivity index (χ4n) is 3.16. The molecule has 0 aromatic heterocycles. The Balaban J connectivity index is 0.00000243. The molecule has 0 atom stereocenters. The molecule has 3 nitrogen and oxygen atoms in total. The maximum Gasteiger partial charge on any atom is 0.223 e. The van der Waals surface area contributed by atoms with E-state index in [4.69, 9.17) is 5.73 Å². The average molecular weight is 373 g/mol. The Hall–Kier alpha value is -2.00. The van der Waals surface area contributed by atoms with Gasteiger partial charge in [-0.1, -0.05) is 56.3 Å². The summed E-state index contributed by atoms with van der Waals surface area (Å²) < 4.78 is 0. The van der Waals surface area contributed by atoms with Gasteiger partial charge in [-0.25, -0.2) is 0 Å². The largest absolute Gasteiger partial charge is 0.399 e. The van der Waals surface area contributed by atoms with Crippen molar-refractivity contribution >= 4 is 24.0 Å². The molecule has 0 heterocycles. The molecule has 0 saturated heterocycles. The Labute approximate surface area is 163 Å². The van der Waals surface area contributed by atoms with Crippen LogP contribution in [0.1, 0.15) is 55.7 Å². The Morgan fingerprint density at radius 2 is 1.77 bits per heavy atom. The van der Waals surface area contributed by atoms with Crippen molar-refractivity contribution in [3.8, 4) is 0 Å². The number of halogens is 1. The van der Waals surface area contributed by atoms with Crippen LogP contribution in [0.25, 0.3) is 0 Å². The number of nitrogens with zero attached hydrogens (tertiary/aromatic N) is 1. The highest BCUT2D eigenvalue weighted by atomic mass is 35.5. The molecule has 4 heteroatoms. The second-order valence-electron chi connectivity index (χ2n) is 7.35. The minimum atomic E-state index is 0. The maximum absolute atomic E-state index is 12.8.